The van der Waals surface area contributed by atoms with Crippen LogP contribution < -0.4 is 0 Å². The Morgan fingerprint density at radius 3 is 2.45 bits per heavy atom. The number of aliphatic hydroxyl groups excluding tert-OH is 1. The van der Waals surface area contributed by atoms with Crippen LogP contribution in [-0.4, -0.2) is 35.6 Å². The maximum atomic E-state index is 12.2. The summed E-state index contributed by atoms with van der Waals surface area (Å²) in [6, 6.07) is 0. The van der Waals surface area contributed by atoms with Crippen LogP contribution in [0.25, 0.3) is 0 Å². The van der Waals surface area contributed by atoms with E-state index >= 15 is 0 Å². The number of hydrogen-bond donors (Lipinski definition) is 1. The predicted octanol–water partition coefficient (Wildman–Crippen LogP) is 3.36. The van der Waals surface area contributed by atoms with Crippen LogP contribution in [0.5, 0.6) is 0 Å². The second kappa shape index (κ2) is 7.44. The van der Waals surface area contributed by atoms with Crippen molar-refractivity contribution < 1.29 is 9.90 Å². The third kappa shape index (κ3) is 3.97. The van der Waals surface area contributed by atoms with E-state index in [4.69, 9.17) is 0 Å². The molecule has 2 aliphatic rings. The van der Waals surface area contributed by atoms with Gasteiger partial charge >= 0.3 is 0 Å². The molecule has 1 N–H and O–H groups in total. The molecule has 0 unspecified atom stereocenters. The van der Waals surface area contributed by atoms with E-state index in [1.165, 1.54) is 32.1 Å². The summed E-state index contributed by atoms with van der Waals surface area (Å²) in [5.74, 6) is 1.23. The van der Waals surface area contributed by atoms with E-state index in [1.54, 1.807) is 0 Å². The molecule has 1 heterocycles. The first kappa shape index (κ1) is 15.8. The number of carbonyl (C=O) groups excluding carboxylic acids is 1. The van der Waals surface area contributed by atoms with Crippen LogP contribution in [0.2, 0.25) is 0 Å². The molecule has 0 aromatic carbocycles. The van der Waals surface area contributed by atoms with Gasteiger partial charge in [-0.25, -0.2) is 0 Å². The molecule has 2 fully saturated rings. The van der Waals surface area contributed by atoms with Crippen LogP contribution in [-0.2, 0) is 4.79 Å². The third-order valence-corrected chi connectivity index (χ3v) is 5.74. The standard InChI is InChI=1S/C17H31NO2/c1-2-17(14-19)10-12-18(13-11-17)16(20)9-5-8-15-6-3-4-7-15/h15,19H,2-14H2,1H3. The number of hydrogen-bond acceptors (Lipinski definition) is 2. The lowest BCUT2D eigenvalue weighted by atomic mass is 9.77. The minimum atomic E-state index is 0.0840. The van der Waals surface area contributed by atoms with Crippen molar-refractivity contribution in [1.82, 2.24) is 4.90 Å². The van der Waals surface area contributed by atoms with Gasteiger partial charge in [-0.1, -0.05) is 32.6 Å². The highest BCUT2D eigenvalue weighted by Gasteiger charge is 2.33. The van der Waals surface area contributed by atoms with Gasteiger partial charge in [0.1, 0.15) is 0 Å². The Bertz CT molecular complexity index is 296. The molecule has 1 saturated heterocycles. The molecule has 1 saturated carbocycles. The number of piperidine rings is 1. The normalized spacial score (nSPS) is 23.2. The lowest BCUT2D eigenvalue weighted by molar-refractivity contribution is -0.134. The van der Waals surface area contributed by atoms with Gasteiger partial charge in [0.2, 0.25) is 5.91 Å². The van der Waals surface area contributed by atoms with E-state index in [9.17, 15) is 9.90 Å². The third-order valence-electron chi connectivity index (χ3n) is 5.74. The van der Waals surface area contributed by atoms with Gasteiger partial charge in [0.05, 0.1) is 0 Å². The van der Waals surface area contributed by atoms with Crippen LogP contribution in [0.3, 0.4) is 0 Å². The molecular weight excluding hydrogens is 250 g/mol. The van der Waals surface area contributed by atoms with Gasteiger partial charge in [0.15, 0.2) is 0 Å². The zero-order chi connectivity index (χ0) is 14.4. The van der Waals surface area contributed by atoms with Crippen molar-refractivity contribution in [1.29, 1.82) is 0 Å². The average Bonchev–Trinajstić information content (AvgIpc) is 3.00. The first-order chi connectivity index (χ1) is 9.69. The molecule has 0 atom stereocenters. The van der Waals surface area contributed by atoms with Crippen molar-refractivity contribution >= 4 is 5.91 Å². The highest BCUT2D eigenvalue weighted by molar-refractivity contribution is 5.76. The van der Waals surface area contributed by atoms with Crippen LogP contribution in [0.4, 0.5) is 0 Å². The summed E-state index contributed by atoms with van der Waals surface area (Å²) in [4.78, 5) is 14.2. The second-order valence-corrected chi connectivity index (χ2v) is 6.94. The zero-order valence-electron chi connectivity index (χ0n) is 13.1. The molecule has 3 heteroatoms. The Balaban J connectivity index is 1.66. The van der Waals surface area contributed by atoms with Crippen molar-refractivity contribution in [3.05, 3.63) is 0 Å². The molecule has 1 amide bonds. The molecule has 20 heavy (non-hydrogen) atoms. The van der Waals surface area contributed by atoms with Gasteiger partial charge in [0.25, 0.3) is 0 Å². The van der Waals surface area contributed by atoms with Crippen molar-refractivity contribution in [2.24, 2.45) is 11.3 Å². The smallest absolute Gasteiger partial charge is 0.222 e. The Morgan fingerprint density at radius 2 is 1.90 bits per heavy atom. The topological polar surface area (TPSA) is 40.5 Å². The number of likely N-dealkylation sites (tertiary alicyclic amines) is 1. The Hall–Kier alpha value is -0.570. The molecule has 0 aromatic rings. The van der Waals surface area contributed by atoms with Gasteiger partial charge < -0.3 is 10.0 Å². The summed E-state index contributed by atoms with van der Waals surface area (Å²) in [5.41, 5.74) is 0.0840. The molecule has 116 valence electrons. The van der Waals surface area contributed by atoms with Crippen LogP contribution in [0, 0.1) is 11.3 Å². The number of amides is 1. The van der Waals surface area contributed by atoms with E-state index in [0.29, 0.717) is 5.91 Å². The highest BCUT2D eigenvalue weighted by atomic mass is 16.3. The fourth-order valence-corrected chi connectivity index (χ4v) is 3.85. The first-order valence-corrected chi connectivity index (χ1v) is 8.58. The summed E-state index contributed by atoms with van der Waals surface area (Å²) in [7, 11) is 0. The number of aliphatic hydroxyl groups is 1. The van der Waals surface area contributed by atoms with Gasteiger partial charge in [0, 0.05) is 26.1 Å². The van der Waals surface area contributed by atoms with E-state index in [0.717, 1.165) is 51.1 Å². The summed E-state index contributed by atoms with van der Waals surface area (Å²) < 4.78 is 0. The largest absolute Gasteiger partial charge is 0.396 e. The Labute approximate surface area is 123 Å². The van der Waals surface area contributed by atoms with Crippen molar-refractivity contribution in [2.45, 2.75) is 71.1 Å². The number of rotatable bonds is 6. The lowest BCUT2D eigenvalue weighted by Gasteiger charge is -2.40. The second-order valence-electron chi connectivity index (χ2n) is 6.94. The fourth-order valence-electron chi connectivity index (χ4n) is 3.85. The van der Waals surface area contributed by atoms with Crippen LogP contribution in [0.1, 0.15) is 71.1 Å². The molecule has 0 spiro atoms. The minimum Gasteiger partial charge on any atom is -0.396 e. The summed E-state index contributed by atoms with van der Waals surface area (Å²) in [6.07, 6.45) is 11.6. The van der Waals surface area contributed by atoms with E-state index in [-0.39, 0.29) is 12.0 Å². The maximum absolute atomic E-state index is 12.2. The SMILES string of the molecule is CCC1(CO)CCN(C(=O)CCCC2CCCC2)CC1. The number of carbonyl (C=O) groups is 1. The van der Waals surface area contributed by atoms with E-state index in [2.05, 4.69) is 6.92 Å². The average molecular weight is 281 g/mol. The maximum Gasteiger partial charge on any atom is 0.222 e. The van der Waals surface area contributed by atoms with Gasteiger partial charge in [-0.05, 0) is 43.4 Å². The van der Waals surface area contributed by atoms with E-state index < -0.39 is 0 Å². The molecule has 0 aromatic heterocycles. The Kier molecular flexibility index (Phi) is 5.88. The van der Waals surface area contributed by atoms with Crippen molar-refractivity contribution in [3.63, 3.8) is 0 Å². The van der Waals surface area contributed by atoms with E-state index in [1.807, 2.05) is 4.90 Å². The highest BCUT2D eigenvalue weighted by Crippen LogP contribution is 2.34. The van der Waals surface area contributed by atoms with Crippen LogP contribution in [0.15, 0.2) is 0 Å². The fraction of sp³-hybridized carbons (Fsp3) is 0.941. The molecular formula is C17H31NO2. The van der Waals surface area contributed by atoms with Crippen LogP contribution >= 0.6 is 0 Å². The van der Waals surface area contributed by atoms with Crippen molar-refractivity contribution in [3.8, 4) is 0 Å². The summed E-state index contributed by atoms with van der Waals surface area (Å²) in [6.45, 7) is 4.11. The first-order valence-electron chi connectivity index (χ1n) is 8.58. The van der Waals surface area contributed by atoms with Gasteiger partial charge in [-0.15, -0.1) is 0 Å². The predicted molar refractivity (Wildman–Crippen MR) is 81.4 cm³/mol. The molecule has 3 nitrogen and oxygen atoms in total. The molecule has 1 aliphatic carbocycles. The summed E-state index contributed by atoms with van der Waals surface area (Å²) >= 11 is 0. The zero-order valence-corrected chi connectivity index (χ0v) is 13.1. The van der Waals surface area contributed by atoms with Gasteiger partial charge in [-0.2, -0.15) is 0 Å². The number of nitrogens with zero attached hydrogens (tertiary/aromatic N) is 1. The summed E-state index contributed by atoms with van der Waals surface area (Å²) in [5, 5.41) is 9.53. The lowest BCUT2D eigenvalue weighted by Crippen LogP contribution is -2.44. The molecule has 0 bridgehead atoms. The Morgan fingerprint density at radius 1 is 1.25 bits per heavy atom. The quantitative estimate of drug-likeness (QED) is 0.811. The van der Waals surface area contributed by atoms with Crippen molar-refractivity contribution in [2.75, 3.05) is 19.7 Å². The molecule has 2 rings (SSSR count). The van der Waals surface area contributed by atoms with Gasteiger partial charge in [-0.3, -0.25) is 4.79 Å². The monoisotopic (exact) mass is 281 g/mol. The molecule has 0 radical (unpaired) electrons. The minimum absolute atomic E-state index is 0.0840. The molecule has 1 aliphatic heterocycles.